The molecular formula is C12H21N3OS. The molecule has 17 heavy (non-hydrogen) atoms. The van der Waals surface area contributed by atoms with Crippen LogP contribution in [0, 0.1) is 11.8 Å². The summed E-state index contributed by atoms with van der Waals surface area (Å²) in [5, 5.41) is 0.711. The number of hydrogen-bond donors (Lipinski definition) is 1. The van der Waals surface area contributed by atoms with E-state index in [9.17, 15) is 0 Å². The molecule has 0 bridgehead atoms. The highest BCUT2D eigenvalue weighted by molar-refractivity contribution is 7.07. The molecule has 1 aliphatic carbocycles. The fourth-order valence-electron chi connectivity index (χ4n) is 2.43. The molecule has 0 aromatic carbocycles. The monoisotopic (exact) mass is 255 g/mol. The van der Waals surface area contributed by atoms with E-state index in [1.807, 2.05) is 0 Å². The molecule has 0 spiro atoms. The fraction of sp³-hybridized carbons (Fsp3) is 0.833. The first-order valence-electron chi connectivity index (χ1n) is 6.49. The maximum absolute atomic E-state index is 5.81. The van der Waals surface area contributed by atoms with Crippen molar-refractivity contribution in [2.75, 3.05) is 13.2 Å². The number of rotatable bonds is 5. The zero-order valence-corrected chi connectivity index (χ0v) is 11.2. The first-order valence-corrected chi connectivity index (χ1v) is 7.26. The highest BCUT2D eigenvalue weighted by atomic mass is 32.1. The van der Waals surface area contributed by atoms with E-state index >= 15 is 0 Å². The van der Waals surface area contributed by atoms with Gasteiger partial charge in [-0.2, -0.15) is 9.36 Å². The molecule has 0 radical (unpaired) electrons. The summed E-state index contributed by atoms with van der Waals surface area (Å²) in [7, 11) is 0. The van der Waals surface area contributed by atoms with Crippen LogP contribution in [0.3, 0.4) is 0 Å². The average Bonchev–Trinajstić information content (AvgIpc) is 2.84. The lowest BCUT2D eigenvalue weighted by Gasteiger charge is -2.29. The van der Waals surface area contributed by atoms with Gasteiger partial charge in [0.2, 0.25) is 0 Å². The Labute approximate surface area is 107 Å². The SMILES string of the molecule is CCc1nsc(OCC2CCCCC2CN)n1. The predicted octanol–water partition coefficient (Wildman–Crippen LogP) is 2.24. The second-order valence-electron chi connectivity index (χ2n) is 4.68. The number of nitrogens with two attached hydrogens (primary N) is 1. The Balaban J connectivity index is 1.83. The lowest BCUT2D eigenvalue weighted by molar-refractivity contribution is 0.153. The van der Waals surface area contributed by atoms with Crippen LogP contribution in [0.15, 0.2) is 0 Å². The molecule has 96 valence electrons. The van der Waals surface area contributed by atoms with E-state index in [0.29, 0.717) is 17.0 Å². The van der Waals surface area contributed by atoms with Gasteiger partial charge in [-0.25, -0.2) is 0 Å². The van der Waals surface area contributed by atoms with Gasteiger partial charge in [0.25, 0.3) is 5.19 Å². The lowest BCUT2D eigenvalue weighted by Crippen LogP contribution is -2.30. The lowest BCUT2D eigenvalue weighted by atomic mass is 9.80. The van der Waals surface area contributed by atoms with Gasteiger partial charge in [0.15, 0.2) is 0 Å². The van der Waals surface area contributed by atoms with Crippen molar-refractivity contribution < 1.29 is 4.74 Å². The van der Waals surface area contributed by atoms with E-state index in [1.165, 1.54) is 37.2 Å². The van der Waals surface area contributed by atoms with Crippen LogP contribution in [-0.2, 0) is 6.42 Å². The molecule has 1 aliphatic rings. The third-order valence-corrected chi connectivity index (χ3v) is 4.22. The highest BCUT2D eigenvalue weighted by Gasteiger charge is 2.24. The van der Waals surface area contributed by atoms with E-state index in [4.69, 9.17) is 10.5 Å². The summed E-state index contributed by atoms with van der Waals surface area (Å²) in [5.74, 6) is 2.11. The number of ether oxygens (including phenoxy) is 1. The summed E-state index contributed by atoms with van der Waals surface area (Å²) in [6, 6.07) is 0. The van der Waals surface area contributed by atoms with Gasteiger partial charge in [0, 0.05) is 18.0 Å². The van der Waals surface area contributed by atoms with E-state index in [2.05, 4.69) is 16.3 Å². The zero-order chi connectivity index (χ0) is 12.1. The van der Waals surface area contributed by atoms with Gasteiger partial charge in [-0.3, -0.25) is 0 Å². The van der Waals surface area contributed by atoms with Crippen molar-refractivity contribution in [2.45, 2.75) is 39.0 Å². The Morgan fingerprint density at radius 2 is 2.12 bits per heavy atom. The highest BCUT2D eigenvalue weighted by Crippen LogP contribution is 2.30. The average molecular weight is 255 g/mol. The Morgan fingerprint density at radius 1 is 1.35 bits per heavy atom. The molecular weight excluding hydrogens is 234 g/mol. The van der Waals surface area contributed by atoms with Crippen molar-refractivity contribution in [2.24, 2.45) is 17.6 Å². The Bertz CT molecular complexity index is 342. The first-order chi connectivity index (χ1) is 8.33. The van der Waals surface area contributed by atoms with Crippen LogP contribution < -0.4 is 10.5 Å². The zero-order valence-electron chi connectivity index (χ0n) is 10.4. The number of aryl methyl sites for hydroxylation is 1. The van der Waals surface area contributed by atoms with Gasteiger partial charge in [-0.1, -0.05) is 19.8 Å². The van der Waals surface area contributed by atoms with Gasteiger partial charge in [-0.15, -0.1) is 0 Å². The molecule has 0 saturated heterocycles. The largest absolute Gasteiger partial charge is 0.469 e. The summed E-state index contributed by atoms with van der Waals surface area (Å²) in [6.07, 6.45) is 5.98. The van der Waals surface area contributed by atoms with Crippen molar-refractivity contribution in [1.82, 2.24) is 9.36 Å². The van der Waals surface area contributed by atoms with E-state index in [-0.39, 0.29) is 0 Å². The smallest absolute Gasteiger partial charge is 0.293 e. The van der Waals surface area contributed by atoms with Crippen LogP contribution in [0.4, 0.5) is 0 Å². The van der Waals surface area contributed by atoms with Crippen LogP contribution >= 0.6 is 11.5 Å². The Morgan fingerprint density at radius 3 is 2.76 bits per heavy atom. The van der Waals surface area contributed by atoms with Gasteiger partial charge >= 0.3 is 0 Å². The number of aromatic nitrogens is 2. The Hall–Kier alpha value is -0.680. The summed E-state index contributed by atoms with van der Waals surface area (Å²) in [5.41, 5.74) is 5.81. The molecule has 2 atom stereocenters. The summed E-state index contributed by atoms with van der Waals surface area (Å²) >= 11 is 1.36. The van der Waals surface area contributed by atoms with Gasteiger partial charge in [0.05, 0.1) is 6.61 Å². The molecule has 4 nitrogen and oxygen atoms in total. The molecule has 5 heteroatoms. The van der Waals surface area contributed by atoms with Crippen molar-refractivity contribution in [3.8, 4) is 5.19 Å². The second kappa shape index (κ2) is 6.31. The minimum atomic E-state index is 0.600. The minimum Gasteiger partial charge on any atom is -0.469 e. The molecule has 1 aromatic heterocycles. The normalized spacial score (nSPS) is 24.8. The molecule has 0 amide bonds. The fourth-order valence-corrected chi connectivity index (χ4v) is 3.05. The van der Waals surface area contributed by atoms with Crippen LogP contribution in [0.2, 0.25) is 0 Å². The standard InChI is InChI=1S/C12H21N3OS/c1-2-11-14-12(17-15-11)16-8-10-6-4-3-5-9(10)7-13/h9-10H,2-8,13H2,1H3. The number of nitrogens with zero attached hydrogens (tertiary/aromatic N) is 2. The third kappa shape index (κ3) is 3.39. The van der Waals surface area contributed by atoms with E-state index in [0.717, 1.165) is 25.4 Å². The number of hydrogen-bond acceptors (Lipinski definition) is 5. The van der Waals surface area contributed by atoms with Gasteiger partial charge < -0.3 is 10.5 Å². The summed E-state index contributed by atoms with van der Waals surface area (Å²) in [4.78, 5) is 4.32. The van der Waals surface area contributed by atoms with Gasteiger partial charge in [0.1, 0.15) is 5.82 Å². The van der Waals surface area contributed by atoms with E-state index < -0.39 is 0 Å². The topological polar surface area (TPSA) is 61.0 Å². The molecule has 2 N–H and O–H groups in total. The quantitative estimate of drug-likeness (QED) is 0.876. The molecule has 1 fully saturated rings. The maximum Gasteiger partial charge on any atom is 0.293 e. The van der Waals surface area contributed by atoms with Crippen LogP contribution in [0.5, 0.6) is 5.19 Å². The first kappa shape index (κ1) is 12.8. The van der Waals surface area contributed by atoms with Gasteiger partial charge in [-0.05, 0) is 31.2 Å². The van der Waals surface area contributed by atoms with E-state index in [1.54, 1.807) is 0 Å². The Kier molecular flexibility index (Phi) is 4.74. The molecule has 2 unspecified atom stereocenters. The predicted molar refractivity (Wildman–Crippen MR) is 69.3 cm³/mol. The molecule has 1 saturated carbocycles. The molecule has 0 aliphatic heterocycles. The van der Waals surface area contributed by atoms with Crippen molar-refractivity contribution in [3.63, 3.8) is 0 Å². The molecule has 1 aromatic rings. The maximum atomic E-state index is 5.81. The van der Waals surface area contributed by atoms with Crippen molar-refractivity contribution in [3.05, 3.63) is 5.82 Å². The van der Waals surface area contributed by atoms with Crippen molar-refractivity contribution >= 4 is 11.5 Å². The van der Waals surface area contributed by atoms with Crippen molar-refractivity contribution in [1.29, 1.82) is 0 Å². The molecule has 1 heterocycles. The third-order valence-electron chi connectivity index (χ3n) is 3.56. The van der Waals surface area contributed by atoms with Crippen LogP contribution in [0.1, 0.15) is 38.4 Å². The summed E-state index contributed by atoms with van der Waals surface area (Å²) in [6.45, 7) is 3.59. The minimum absolute atomic E-state index is 0.600. The summed E-state index contributed by atoms with van der Waals surface area (Å²) < 4.78 is 9.97. The van der Waals surface area contributed by atoms with Crippen LogP contribution in [-0.4, -0.2) is 22.5 Å². The second-order valence-corrected chi connectivity index (χ2v) is 5.40. The molecule has 2 rings (SSSR count). The van der Waals surface area contributed by atoms with Crippen LogP contribution in [0.25, 0.3) is 0 Å².